The zero-order valence-electron chi connectivity index (χ0n) is 8.76. The van der Waals surface area contributed by atoms with Gasteiger partial charge in [0.05, 0.1) is 12.2 Å². The van der Waals surface area contributed by atoms with Gasteiger partial charge in [-0.2, -0.15) is 0 Å². The van der Waals surface area contributed by atoms with Crippen LogP contribution in [-0.4, -0.2) is 18.6 Å². The number of hydrogen-bond acceptors (Lipinski definition) is 4. The Balaban J connectivity index is 2.88. The van der Waals surface area contributed by atoms with Gasteiger partial charge >= 0.3 is 5.97 Å². The largest absolute Gasteiger partial charge is 0.462 e. The number of rotatable bonds is 2. The molecule has 4 heteroatoms. The van der Waals surface area contributed by atoms with Gasteiger partial charge in [-0.05, 0) is 26.8 Å². The smallest absolute Gasteiger partial charge is 0.341 e. The van der Waals surface area contributed by atoms with E-state index in [0.29, 0.717) is 18.0 Å². The summed E-state index contributed by atoms with van der Waals surface area (Å²) in [6.07, 6.45) is 1.77. The molecule has 1 aliphatic heterocycles. The van der Waals surface area contributed by atoms with Crippen LogP contribution in [0, 0.1) is 0 Å². The molecule has 78 valence electrons. The summed E-state index contributed by atoms with van der Waals surface area (Å²) in [6.45, 7) is 6.06. The minimum atomic E-state index is -0.372. The van der Waals surface area contributed by atoms with Crippen LogP contribution in [0.2, 0.25) is 0 Å². The molecule has 1 heterocycles. The Bertz CT molecular complexity index is 305. The first-order chi connectivity index (χ1) is 6.56. The van der Waals surface area contributed by atoms with Crippen molar-refractivity contribution in [2.24, 2.45) is 5.73 Å². The highest BCUT2D eigenvalue weighted by Gasteiger charge is 2.19. The molecule has 0 amide bonds. The van der Waals surface area contributed by atoms with Crippen LogP contribution in [0.1, 0.15) is 20.8 Å². The molecule has 3 N–H and O–H groups in total. The summed E-state index contributed by atoms with van der Waals surface area (Å²) in [5, 5.41) is 3.01. The number of nitrogens with one attached hydrogen (secondary N) is 1. The molecule has 1 aliphatic rings. The Kier molecular flexibility index (Phi) is 3.17. The Hall–Kier alpha value is -1.45. The fourth-order valence-electron chi connectivity index (χ4n) is 1.23. The van der Waals surface area contributed by atoms with Gasteiger partial charge in [-0.1, -0.05) is 5.57 Å². The van der Waals surface area contributed by atoms with E-state index in [0.717, 1.165) is 5.57 Å². The van der Waals surface area contributed by atoms with Crippen LogP contribution >= 0.6 is 0 Å². The summed E-state index contributed by atoms with van der Waals surface area (Å²) in [6, 6.07) is 0.174. The topological polar surface area (TPSA) is 64.3 Å². The standard InChI is InChI=1S/C10H16N2O2/c1-4-14-10(13)8-5-6(2)7(3)12-9(8)11/h5,7,12H,4,11H2,1-3H3. The van der Waals surface area contributed by atoms with Crippen LogP contribution in [0.5, 0.6) is 0 Å². The van der Waals surface area contributed by atoms with Gasteiger partial charge in [0.1, 0.15) is 5.82 Å². The van der Waals surface area contributed by atoms with Gasteiger partial charge in [-0.15, -0.1) is 0 Å². The third kappa shape index (κ3) is 2.07. The van der Waals surface area contributed by atoms with E-state index >= 15 is 0 Å². The number of dihydropyridines is 1. The van der Waals surface area contributed by atoms with Crippen LogP contribution < -0.4 is 11.1 Å². The first-order valence-corrected chi connectivity index (χ1v) is 4.67. The second-order valence-corrected chi connectivity index (χ2v) is 3.30. The summed E-state index contributed by atoms with van der Waals surface area (Å²) >= 11 is 0. The number of hydrogen-bond donors (Lipinski definition) is 2. The van der Waals surface area contributed by atoms with E-state index in [1.165, 1.54) is 0 Å². The number of esters is 1. The van der Waals surface area contributed by atoms with Gasteiger partial charge in [0.15, 0.2) is 0 Å². The van der Waals surface area contributed by atoms with Gasteiger partial charge in [0.25, 0.3) is 0 Å². The average molecular weight is 196 g/mol. The molecule has 1 rings (SSSR count). The van der Waals surface area contributed by atoms with Crippen LogP contribution in [0.15, 0.2) is 23.0 Å². The van der Waals surface area contributed by atoms with E-state index in [1.807, 2.05) is 13.8 Å². The summed E-state index contributed by atoms with van der Waals surface area (Å²) < 4.78 is 4.87. The Labute approximate surface area is 83.8 Å². The predicted molar refractivity (Wildman–Crippen MR) is 54.2 cm³/mol. The molecule has 0 aliphatic carbocycles. The van der Waals surface area contributed by atoms with E-state index in [4.69, 9.17) is 10.5 Å². The molecule has 0 bridgehead atoms. The molecule has 14 heavy (non-hydrogen) atoms. The third-order valence-corrected chi connectivity index (χ3v) is 2.21. The van der Waals surface area contributed by atoms with E-state index in [2.05, 4.69) is 5.32 Å². The lowest BCUT2D eigenvalue weighted by molar-refractivity contribution is -0.138. The molecule has 0 aromatic heterocycles. The van der Waals surface area contributed by atoms with Crippen molar-refractivity contribution in [3.8, 4) is 0 Å². The second-order valence-electron chi connectivity index (χ2n) is 3.30. The Morgan fingerprint density at radius 3 is 2.93 bits per heavy atom. The molecule has 0 saturated heterocycles. The SMILES string of the molecule is CCOC(=O)C1=C(N)NC(C)C(C)=C1. The van der Waals surface area contributed by atoms with Crippen LogP contribution in [0.25, 0.3) is 0 Å². The first-order valence-electron chi connectivity index (χ1n) is 4.67. The van der Waals surface area contributed by atoms with E-state index in [1.54, 1.807) is 13.0 Å². The van der Waals surface area contributed by atoms with Gasteiger partial charge in [-0.3, -0.25) is 0 Å². The van der Waals surface area contributed by atoms with E-state index in [-0.39, 0.29) is 12.0 Å². The number of ether oxygens (including phenoxy) is 1. The molecular formula is C10H16N2O2. The molecular weight excluding hydrogens is 180 g/mol. The molecule has 4 nitrogen and oxygen atoms in total. The highest BCUT2D eigenvalue weighted by Crippen LogP contribution is 2.15. The monoisotopic (exact) mass is 196 g/mol. The van der Waals surface area contributed by atoms with Crippen molar-refractivity contribution in [2.75, 3.05) is 6.61 Å². The second kappa shape index (κ2) is 4.17. The molecule has 0 aromatic carbocycles. The fraction of sp³-hybridized carbons (Fsp3) is 0.500. The van der Waals surface area contributed by atoms with Crippen molar-refractivity contribution in [3.63, 3.8) is 0 Å². The maximum atomic E-state index is 11.4. The van der Waals surface area contributed by atoms with Crippen LogP contribution in [-0.2, 0) is 9.53 Å². The predicted octanol–water partition coefficient (Wildman–Crippen LogP) is 0.658. The molecule has 0 fully saturated rings. The van der Waals surface area contributed by atoms with Crippen molar-refractivity contribution >= 4 is 5.97 Å². The summed E-state index contributed by atoms with van der Waals surface area (Å²) in [5.74, 6) is 0.0188. The highest BCUT2D eigenvalue weighted by molar-refractivity contribution is 5.92. The van der Waals surface area contributed by atoms with Crippen molar-refractivity contribution in [1.29, 1.82) is 0 Å². The van der Waals surface area contributed by atoms with Gasteiger partial charge in [-0.25, -0.2) is 4.79 Å². The average Bonchev–Trinajstić information content (AvgIpc) is 2.11. The van der Waals surface area contributed by atoms with Crippen molar-refractivity contribution < 1.29 is 9.53 Å². The summed E-state index contributed by atoms with van der Waals surface area (Å²) in [7, 11) is 0. The zero-order chi connectivity index (χ0) is 10.7. The first kappa shape index (κ1) is 10.6. The molecule has 0 aromatic rings. The van der Waals surface area contributed by atoms with Crippen LogP contribution in [0.3, 0.4) is 0 Å². The van der Waals surface area contributed by atoms with Crippen molar-refractivity contribution in [1.82, 2.24) is 5.32 Å². The third-order valence-electron chi connectivity index (χ3n) is 2.21. The van der Waals surface area contributed by atoms with Gasteiger partial charge in [0.2, 0.25) is 0 Å². The van der Waals surface area contributed by atoms with Crippen molar-refractivity contribution in [3.05, 3.63) is 23.0 Å². The van der Waals surface area contributed by atoms with Gasteiger partial charge < -0.3 is 15.8 Å². The molecule has 1 atom stereocenters. The maximum Gasteiger partial charge on any atom is 0.341 e. The Morgan fingerprint density at radius 1 is 1.71 bits per heavy atom. The van der Waals surface area contributed by atoms with Gasteiger partial charge in [0, 0.05) is 6.04 Å². The quantitative estimate of drug-likeness (QED) is 0.637. The summed E-state index contributed by atoms with van der Waals surface area (Å²) in [5.41, 5.74) is 7.18. The van der Waals surface area contributed by atoms with Crippen LogP contribution in [0.4, 0.5) is 0 Å². The minimum absolute atomic E-state index is 0.174. The number of carbonyl (C=O) groups excluding carboxylic acids is 1. The lowest BCUT2D eigenvalue weighted by Gasteiger charge is -2.22. The molecule has 0 radical (unpaired) electrons. The minimum Gasteiger partial charge on any atom is -0.462 e. The molecule has 0 spiro atoms. The lowest BCUT2D eigenvalue weighted by Crippen LogP contribution is -2.36. The number of nitrogens with two attached hydrogens (primary N) is 1. The van der Waals surface area contributed by atoms with E-state index < -0.39 is 0 Å². The Morgan fingerprint density at radius 2 is 2.36 bits per heavy atom. The number of carbonyl (C=O) groups is 1. The fourth-order valence-corrected chi connectivity index (χ4v) is 1.23. The zero-order valence-corrected chi connectivity index (χ0v) is 8.76. The lowest BCUT2D eigenvalue weighted by atomic mass is 10.0. The summed E-state index contributed by atoms with van der Waals surface area (Å²) in [4.78, 5) is 11.4. The molecule has 0 saturated carbocycles. The maximum absolute atomic E-state index is 11.4. The van der Waals surface area contributed by atoms with Crippen molar-refractivity contribution in [2.45, 2.75) is 26.8 Å². The highest BCUT2D eigenvalue weighted by atomic mass is 16.5. The normalized spacial score (nSPS) is 21.4. The van der Waals surface area contributed by atoms with E-state index in [9.17, 15) is 4.79 Å². The molecule has 1 unspecified atom stereocenters.